The van der Waals surface area contributed by atoms with Crippen LogP contribution >= 0.6 is 0 Å². The maximum atomic E-state index is 12.3. The first-order valence-electron chi connectivity index (χ1n) is 6.92. The van der Waals surface area contributed by atoms with Gasteiger partial charge in [0.05, 0.1) is 5.92 Å². The molecule has 4 heteroatoms. The van der Waals surface area contributed by atoms with Gasteiger partial charge >= 0.3 is 0 Å². The van der Waals surface area contributed by atoms with Crippen LogP contribution in [0.5, 0.6) is 0 Å². The second-order valence-corrected chi connectivity index (χ2v) is 5.50. The molecule has 1 amide bonds. The van der Waals surface area contributed by atoms with E-state index in [1.807, 2.05) is 0 Å². The van der Waals surface area contributed by atoms with Crippen LogP contribution in [0, 0.1) is 5.92 Å². The molecule has 4 nitrogen and oxygen atoms in total. The molecule has 0 bridgehead atoms. The summed E-state index contributed by atoms with van der Waals surface area (Å²) in [5.74, 6) is 0.606. The Morgan fingerprint density at radius 3 is 2.47 bits per heavy atom. The predicted octanol–water partition coefficient (Wildman–Crippen LogP) is 0.539. The van der Waals surface area contributed by atoms with E-state index in [9.17, 15) is 4.79 Å². The first-order chi connectivity index (χ1) is 8.18. The van der Waals surface area contributed by atoms with E-state index in [1.54, 1.807) is 0 Å². The third kappa shape index (κ3) is 3.19. The quantitative estimate of drug-likeness (QED) is 0.764. The molecule has 2 heterocycles. The summed E-state index contributed by atoms with van der Waals surface area (Å²) >= 11 is 0. The molecule has 0 spiro atoms. The van der Waals surface area contributed by atoms with Gasteiger partial charge in [-0.2, -0.15) is 0 Å². The fraction of sp³-hybridized carbons (Fsp3) is 0.923. The molecule has 0 radical (unpaired) electrons. The first-order valence-corrected chi connectivity index (χ1v) is 6.92. The molecular weight excluding hydrogens is 214 g/mol. The number of nitrogens with one attached hydrogen (secondary N) is 1. The number of hydrogen-bond donors (Lipinski definition) is 1. The molecule has 0 aromatic rings. The Balaban J connectivity index is 1.81. The Morgan fingerprint density at radius 2 is 1.94 bits per heavy atom. The first kappa shape index (κ1) is 12.8. The second kappa shape index (κ2) is 5.83. The van der Waals surface area contributed by atoms with Crippen LogP contribution in [0.4, 0.5) is 0 Å². The standard InChI is InChI=1S/C13H25N3O/c1-11(2)15-6-8-16(9-7-15)13(17)12-4-3-5-14-10-12/h11-12,14H,3-10H2,1-2H3/t12-/m1/s1. The average Bonchev–Trinajstić information content (AvgIpc) is 2.39. The zero-order valence-electron chi connectivity index (χ0n) is 11.1. The van der Waals surface area contributed by atoms with Gasteiger partial charge in [0.15, 0.2) is 0 Å². The Kier molecular flexibility index (Phi) is 4.40. The van der Waals surface area contributed by atoms with Crippen LogP contribution in [0.1, 0.15) is 26.7 Å². The van der Waals surface area contributed by atoms with Crippen LogP contribution in [0.3, 0.4) is 0 Å². The van der Waals surface area contributed by atoms with Crippen molar-refractivity contribution in [3.05, 3.63) is 0 Å². The summed E-state index contributed by atoms with van der Waals surface area (Å²) in [6, 6.07) is 0.601. The van der Waals surface area contributed by atoms with Crippen molar-refractivity contribution >= 4 is 5.91 Å². The highest BCUT2D eigenvalue weighted by Crippen LogP contribution is 2.15. The number of carbonyl (C=O) groups excluding carboxylic acids is 1. The van der Waals surface area contributed by atoms with Crippen LogP contribution < -0.4 is 5.32 Å². The van der Waals surface area contributed by atoms with E-state index in [2.05, 4.69) is 29.0 Å². The smallest absolute Gasteiger partial charge is 0.227 e. The number of piperidine rings is 1. The molecule has 1 atom stereocenters. The van der Waals surface area contributed by atoms with Gasteiger partial charge in [0.2, 0.25) is 5.91 Å². The number of amides is 1. The highest BCUT2D eigenvalue weighted by Gasteiger charge is 2.28. The lowest BCUT2D eigenvalue weighted by Gasteiger charge is -2.38. The maximum absolute atomic E-state index is 12.3. The van der Waals surface area contributed by atoms with Gasteiger partial charge in [-0.3, -0.25) is 9.69 Å². The maximum Gasteiger partial charge on any atom is 0.227 e. The van der Waals surface area contributed by atoms with Gasteiger partial charge in [0.1, 0.15) is 0 Å². The molecule has 0 aromatic carbocycles. The fourth-order valence-corrected chi connectivity index (χ4v) is 2.78. The van der Waals surface area contributed by atoms with Crippen molar-refractivity contribution in [3.8, 4) is 0 Å². The summed E-state index contributed by atoms with van der Waals surface area (Å²) in [6.45, 7) is 10.3. The van der Waals surface area contributed by atoms with Crippen molar-refractivity contribution in [3.63, 3.8) is 0 Å². The number of rotatable bonds is 2. The number of carbonyl (C=O) groups is 1. The summed E-state index contributed by atoms with van der Waals surface area (Å²) in [6.07, 6.45) is 2.21. The van der Waals surface area contributed by atoms with Gasteiger partial charge in [0, 0.05) is 38.8 Å². The van der Waals surface area contributed by atoms with Gasteiger partial charge in [-0.25, -0.2) is 0 Å². The van der Waals surface area contributed by atoms with E-state index in [0.29, 0.717) is 11.9 Å². The van der Waals surface area contributed by atoms with Crippen molar-refractivity contribution < 1.29 is 4.79 Å². The van der Waals surface area contributed by atoms with Crippen LogP contribution in [-0.4, -0.2) is 61.0 Å². The Morgan fingerprint density at radius 1 is 1.24 bits per heavy atom. The Bertz CT molecular complexity index is 253. The number of hydrogen-bond acceptors (Lipinski definition) is 3. The summed E-state index contributed by atoms with van der Waals surface area (Å²) in [7, 11) is 0. The van der Waals surface area contributed by atoms with Crippen molar-refractivity contribution in [2.75, 3.05) is 39.3 Å². The molecule has 0 aliphatic carbocycles. The normalized spacial score (nSPS) is 27.5. The van der Waals surface area contributed by atoms with E-state index in [0.717, 1.165) is 52.1 Å². The Labute approximate surface area is 104 Å². The molecule has 2 saturated heterocycles. The summed E-state index contributed by atoms with van der Waals surface area (Å²) in [4.78, 5) is 16.8. The highest BCUT2D eigenvalue weighted by molar-refractivity contribution is 5.79. The van der Waals surface area contributed by atoms with Crippen molar-refractivity contribution in [1.82, 2.24) is 15.1 Å². The summed E-state index contributed by atoms with van der Waals surface area (Å²) in [5.41, 5.74) is 0. The monoisotopic (exact) mass is 239 g/mol. The number of nitrogens with zero attached hydrogens (tertiary/aromatic N) is 2. The van der Waals surface area contributed by atoms with E-state index in [4.69, 9.17) is 0 Å². The topological polar surface area (TPSA) is 35.6 Å². The predicted molar refractivity (Wildman–Crippen MR) is 68.9 cm³/mol. The zero-order chi connectivity index (χ0) is 12.3. The van der Waals surface area contributed by atoms with Gasteiger partial charge in [-0.05, 0) is 33.2 Å². The Hall–Kier alpha value is -0.610. The summed E-state index contributed by atoms with van der Waals surface area (Å²) < 4.78 is 0. The van der Waals surface area contributed by atoms with E-state index >= 15 is 0 Å². The van der Waals surface area contributed by atoms with Gasteiger partial charge in [-0.15, -0.1) is 0 Å². The lowest BCUT2D eigenvalue weighted by Crippen LogP contribution is -2.53. The SMILES string of the molecule is CC(C)N1CCN(C(=O)[C@@H]2CCCNC2)CC1. The molecule has 0 aromatic heterocycles. The number of piperazine rings is 1. The van der Waals surface area contributed by atoms with Gasteiger partial charge < -0.3 is 10.2 Å². The lowest BCUT2D eigenvalue weighted by molar-refractivity contribution is -0.138. The summed E-state index contributed by atoms with van der Waals surface area (Å²) in [5, 5.41) is 3.32. The zero-order valence-corrected chi connectivity index (χ0v) is 11.1. The van der Waals surface area contributed by atoms with Crippen LogP contribution in [0.2, 0.25) is 0 Å². The van der Waals surface area contributed by atoms with Crippen molar-refractivity contribution in [2.45, 2.75) is 32.7 Å². The van der Waals surface area contributed by atoms with Gasteiger partial charge in [0.25, 0.3) is 0 Å². The minimum atomic E-state index is 0.231. The minimum absolute atomic E-state index is 0.231. The van der Waals surface area contributed by atoms with Crippen molar-refractivity contribution in [1.29, 1.82) is 0 Å². The van der Waals surface area contributed by atoms with Crippen molar-refractivity contribution in [2.24, 2.45) is 5.92 Å². The third-order valence-corrected chi connectivity index (χ3v) is 4.00. The lowest BCUT2D eigenvalue weighted by atomic mass is 9.98. The average molecular weight is 239 g/mol. The highest BCUT2D eigenvalue weighted by atomic mass is 16.2. The molecular formula is C13H25N3O. The van der Waals surface area contributed by atoms with Crippen LogP contribution in [-0.2, 0) is 4.79 Å². The molecule has 0 saturated carbocycles. The van der Waals surface area contributed by atoms with E-state index in [-0.39, 0.29) is 5.92 Å². The van der Waals surface area contributed by atoms with Crippen LogP contribution in [0.25, 0.3) is 0 Å². The largest absolute Gasteiger partial charge is 0.340 e. The molecule has 0 unspecified atom stereocenters. The third-order valence-electron chi connectivity index (χ3n) is 4.00. The fourth-order valence-electron chi connectivity index (χ4n) is 2.78. The van der Waals surface area contributed by atoms with E-state index < -0.39 is 0 Å². The molecule has 2 rings (SSSR count). The molecule has 1 N–H and O–H groups in total. The molecule has 2 aliphatic rings. The molecule has 98 valence electrons. The molecule has 2 aliphatic heterocycles. The minimum Gasteiger partial charge on any atom is -0.340 e. The van der Waals surface area contributed by atoms with E-state index in [1.165, 1.54) is 0 Å². The molecule has 17 heavy (non-hydrogen) atoms. The molecule has 2 fully saturated rings. The van der Waals surface area contributed by atoms with Gasteiger partial charge in [-0.1, -0.05) is 0 Å². The van der Waals surface area contributed by atoms with Crippen LogP contribution in [0.15, 0.2) is 0 Å². The second-order valence-electron chi connectivity index (χ2n) is 5.50.